The third-order valence-corrected chi connectivity index (χ3v) is 5.70. The van der Waals surface area contributed by atoms with Gasteiger partial charge in [-0.15, -0.1) is 0 Å². The molecule has 0 aromatic heterocycles. The second-order valence-corrected chi connectivity index (χ2v) is 6.83. The summed E-state index contributed by atoms with van der Waals surface area (Å²) in [5.41, 5.74) is 6.14. The summed E-state index contributed by atoms with van der Waals surface area (Å²) in [6.07, 6.45) is 1.81. The first kappa shape index (κ1) is 15.3. The molecule has 3 aliphatic rings. The molecule has 3 heterocycles. The van der Waals surface area contributed by atoms with E-state index >= 15 is 0 Å². The average molecular weight is 330 g/mol. The quantitative estimate of drug-likeness (QED) is 0.478. The number of imide groups is 1. The lowest BCUT2D eigenvalue weighted by molar-refractivity contribution is -0.139. The van der Waals surface area contributed by atoms with Crippen molar-refractivity contribution in [3.05, 3.63) is 35.1 Å². The van der Waals surface area contributed by atoms with Gasteiger partial charge in [-0.25, -0.2) is 4.39 Å². The van der Waals surface area contributed by atoms with Gasteiger partial charge in [0.25, 0.3) is 0 Å². The zero-order valence-electron chi connectivity index (χ0n) is 13.3. The molecule has 6 nitrogen and oxygen atoms in total. The maximum Gasteiger partial charge on any atom is 0.234 e. The molecule has 0 saturated carbocycles. The predicted octanol–water partition coefficient (Wildman–Crippen LogP) is 0.860. The zero-order chi connectivity index (χ0) is 17.2. The van der Waals surface area contributed by atoms with Gasteiger partial charge in [0.1, 0.15) is 11.7 Å². The third-order valence-electron chi connectivity index (χ3n) is 5.70. The lowest BCUT2D eigenvalue weighted by Crippen LogP contribution is -2.37. The van der Waals surface area contributed by atoms with Crippen molar-refractivity contribution in [3.8, 4) is 0 Å². The molecule has 126 valence electrons. The van der Waals surface area contributed by atoms with Crippen molar-refractivity contribution >= 4 is 17.6 Å². The van der Waals surface area contributed by atoms with Gasteiger partial charge in [0.05, 0.1) is 17.9 Å². The molecule has 4 atom stereocenters. The van der Waals surface area contributed by atoms with Crippen LogP contribution in [0.2, 0.25) is 0 Å². The number of rotatable bonds is 2. The number of carbonyl (C=O) groups excluding carboxylic acids is 2. The minimum absolute atomic E-state index is 0.00767. The van der Waals surface area contributed by atoms with Crippen molar-refractivity contribution in [3.63, 3.8) is 0 Å². The molecule has 1 aromatic rings. The van der Waals surface area contributed by atoms with Gasteiger partial charge in [0.15, 0.2) is 0 Å². The Labute approximate surface area is 138 Å². The number of hydrogen-bond acceptors (Lipinski definition) is 4. The van der Waals surface area contributed by atoms with E-state index in [0.29, 0.717) is 11.1 Å². The lowest BCUT2D eigenvalue weighted by atomic mass is 9.85. The first-order valence-electron chi connectivity index (χ1n) is 8.13. The largest absolute Gasteiger partial charge is 0.384 e. The maximum absolute atomic E-state index is 14.7. The number of nitrogens with zero attached hydrogens (tertiary/aromatic N) is 2. The van der Waals surface area contributed by atoms with Crippen LogP contribution in [0.3, 0.4) is 0 Å². The zero-order valence-corrected chi connectivity index (χ0v) is 13.3. The fraction of sp³-hybridized carbons (Fsp3) is 0.471. The van der Waals surface area contributed by atoms with Gasteiger partial charge >= 0.3 is 0 Å². The molecule has 3 fully saturated rings. The Hall–Kier alpha value is -2.28. The molecule has 3 saturated heterocycles. The number of benzene rings is 1. The lowest BCUT2D eigenvalue weighted by Gasteiger charge is -2.28. The van der Waals surface area contributed by atoms with Gasteiger partial charge in [-0.05, 0) is 25.5 Å². The van der Waals surface area contributed by atoms with E-state index in [0.717, 1.165) is 19.4 Å². The topological polar surface area (TPSA) is 90.5 Å². The first-order chi connectivity index (χ1) is 11.4. The number of fused-ring (bicyclic) bond motifs is 3. The first-order valence-corrected chi connectivity index (χ1v) is 8.13. The molecule has 3 N–H and O–H groups in total. The Kier molecular flexibility index (Phi) is 3.25. The Bertz CT molecular complexity index is 765. The third kappa shape index (κ3) is 1.87. The summed E-state index contributed by atoms with van der Waals surface area (Å²) in [7, 11) is 1.51. The predicted molar refractivity (Wildman–Crippen MR) is 84.6 cm³/mol. The molecule has 4 rings (SSSR count). The van der Waals surface area contributed by atoms with Gasteiger partial charge < -0.3 is 5.73 Å². The molecule has 0 spiro atoms. The van der Waals surface area contributed by atoms with E-state index in [9.17, 15) is 14.0 Å². The molecule has 0 bridgehead atoms. The van der Waals surface area contributed by atoms with E-state index in [1.807, 2.05) is 0 Å². The highest BCUT2D eigenvalue weighted by Crippen LogP contribution is 2.53. The average Bonchev–Trinajstić information content (AvgIpc) is 3.17. The number of nitrogens with two attached hydrogens (primary N) is 1. The highest BCUT2D eigenvalue weighted by Gasteiger charge is 2.62. The Morgan fingerprint density at radius 3 is 2.67 bits per heavy atom. The van der Waals surface area contributed by atoms with E-state index in [-0.39, 0.29) is 29.6 Å². The van der Waals surface area contributed by atoms with Crippen LogP contribution >= 0.6 is 0 Å². The molecule has 0 unspecified atom stereocenters. The van der Waals surface area contributed by atoms with Crippen molar-refractivity contribution < 1.29 is 14.0 Å². The molecule has 1 aromatic carbocycles. The van der Waals surface area contributed by atoms with Gasteiger partial charge in [0, 0.05) is 24.2 Å². The van der Waals surface area contributed by atoms with Crippen molar-refractivity contribution in [1.29, 1.82) is 5.41 Å². The van der Waals surface area contributed by atoms with Crippen LogP contribution in [0.1, 0.15) is 30.0 Å². The summed E-state index contributed by atoms with van der Waals surface area (Å²) in [6.45, 7) is 0.764. The monoisotopic (exact) mass is 330 g/mol. The van der Waals surface area contributed by atoms with E-state index in [2.05, 4.69) is 4.90 Å². The van der Waals surface area contributed by atoms with Gasteiger partial charge in [-0.1, -0.05) is 12.1 Å². The normalized spacial score (nSPS) is 32.3. The Morgan fingerprint density at radius 1 is 1.29 bits per heavy atom. The molecule has 7 heteroatoms. The maximum atomic E-state index is 14.7. The molecular weight excluding hydrogens is 311 g/mol. The van der Waals surface area contributed by atoms with Gasteiger partial charge in [0.2, 0.25) is 11.8 Å². The highest BCUT2D eigenvalue weighted by atomic mass is 19.1. The van der Waals surface area contributed by atoms with Crippen LogP contribution < -0.4 is 5.73 Å². The van der Waals surface area contributed by atoms with Crippen molar-refractivity contribution in [1.82, 2.24) is 9.80 Å². The summed E-state index contributed by atoms with van der Waals surface area (Å²) >= 11 is 0. The molecule has 2 amide bonds. The Balaban J connectivity index is 1.81. The number of halogens is 1. The smallest absolute Gasteiger partial charge is 0.234 e. The van der Waals surface area contributed by atoms with Crippen LogP contribution in [0.25, 0.3) is 0 Å². The molecule has 0 radical (unpaired) electrons. The van der Waals surface area contributed by atoms with Crippen LogP contribution in [0.4, 0.5) is 4.39 Å². The number of amides is 2. The van der Waals surface area contributed by atoms with E-state index in [4.69, 9.17) is 11.1 Å². The minimum Gasteiger partial charge on any atom is -0.384 e. The summed E-state index contributed by atoms with van der Waals surface area (Å²) in [5.74, 6) is -1.94. The van der Waals surface area contributed by atoms with E-state index in [1.54, 1.807) is 12.1 Å². The van der Waals surface area contributed by atoms with Gasteiger partial charge in [-0.2, -0.15) is 0 Å². The second kappa shape index (κ2) is 5.11. The summed E-state index contributed by atoms with van der Waals surface area (Å²) in [5, 5.41) is 7.43. The molecular formula is C17H19FN4O2. The number of nitrogens with one attached hydrogen (secondary N) is 1. The minimum atomic E-state index is -0.523. The summed E-state index contributed by atoms with van der Waals surface area (Å²) in [6, 6.07) is 4.02. The van der Waals surface area contributed by atoms with Crippen LogP contribution in [0, 0.1) is 23.1 Å². The number of nitrogen functional groups attached to an aromatic ring is 1. The van der Waals surface area contributed by atoms with Crippen molar-refractivity contribution in [2.75, 3.05) is 13.6 Å². The van der Waals surface area contributed by atoms with Crippen LogP contribution in [-0.4, -0.2) is 47.1 Å². The van der Waals surface area contributed by atoms with E-state index < -0.39 is 17.8 Å². The number of amidine groups is 1. The SMILES string of the molecule is CN1C(=O)[C@@H]2[C@H](C1=O)[C@H](c1ccc(C(=N)N)cc1F)N1CCC[C@@H]21. The Morgan fingerprint density at radius 2 is 2.00 bits per heavy atom. The molecule has 24 heavy (non-hydrogen) atoms. The van der Waals surface area contributed by atoms with Crippen molar-refractivity contribution in [2.45, 2.75) is 24.9 Å². The van der Waals surface area contributed by atoms with E-state index in [1.165, 1.54) is 18.0 Å². The number of carbonyl (C=O) groups is 2. The number of likely N-dealkylation sites (tertiary alicyclic amines) is 1. The standard InChI is InChI=1S/C17H19FN4O2/c1-21-16(23)12-11-3-2-6-22(11)14(13(12)17(21)24)9-5-4-8(15(19)20)7-10(9)18/h4-5,7,11-14H,2-3,6H2,1H3,(H3,19,20)/t11-,12-,13-,14-/m0/s1. The second-order valence-electron chi connectivity index (χ2n) is 6.83. The van der Waals surface area contributed by atoms with Crippen molar-refractivity contribution in [2.24, 2.45) is 17.6 Å². The molecule has 0 aliphatic carbocycles. The van der Waals surface area contributed by atoms with Crippen LogP contribution in [-0.2, 0) is 9.59 Å². The van der Waals surface area contributed by atoms with Crippen LogP contribution in [0.15, 0.2) is 18.2 Å². The summed E-state index contributed by atoms with van der Waals surface area (Å²) in [4.78, 5) is 28.4. The summed E-state index contributed by atoms with van der Waals surface area (Å²) < 4.78 is 14.7. The molecule has 3 aliphatic heterocycles. The van der Waals surface area contributed by atoms with Gasteiger partial charge in [-0.3, -0.25) is 24.8 Å². The van der Waals surface area contributed by atoms with Crippen LogP contribution in [0.5, 0.6) is 0 Å². The fourth-order valence-electron chi connectivity index (χ4n) is 4.66. The fourth-order valence-corrected chi connectivity index (χ4v) is 4.66. The highest BCUT2D eigenvalue weighted by molar-refractivity contribution is 6.06. The number of hydrogen-bond donors (Lipinski definition) is 2.